The summed E-state index contributed by atoms with van der Waals surface area (Å²) < 4.78 is 0. The molecular formula is C24H24N2O2. The molecule has 1 heterocycles. The van der Waals surface area contributed by atoms with E-state index in [1.165, 1.54) is 6.42 Å². The maximum Gasteiger partial charge on any atom is 0.169 e. The minimum atomic E-state index is 0.0553. The Bertz CT molecular complexity index is 1040. The average Bonchev–Trinajstić information content (AvgIpc) is 2.75. The predicted molar refractivity (Wildman–Crippen MR) is 112 cm³/mol. The van der Waals surface area contributed by atoms with Gasteiger partial charge in [-0.3, -0.25) is 14.6 Å². The Hall–Kier alpha value is -3.01. The Morgan fingerprint density at radius 1 is 1.07 bits per heavy atom. The topological polar surface area (TPSA) is 59.1 Å². The molecule has 0 spiro atoms. The molecule has 0 amide bonds. The third-order valence-corrected chi connectivity index (χ3v) is 5.70. The first-order valence-corrected chi connectivity index (χ1v) is 9.93. The van der Waals surface area contributed by atoms with Gasteiger partial charge >= 0.3 is 0 Å². The van der Waals surface area contributed by atoms with Gasteiger partial charge in [0.05, 0.1) is 16.8 Å². The molecule has 0 bridgehead atoms. The smallest absolute Gasteiger partial charge is 0.169 e. The Balaban J connectivity index is 1.87. The number of carbonyl (C=O) groups is 2. The first kappa shape index (κ1) is 18.4. The van der Waals surface area contributed by atoms with Gasteiger partial charge in [-0.05, 0) is 37.5 Å². The van der Waals surface area contributed by atoms with Crippen molar-refractivity contribution in [3.05, 3.63) is 65.4 Å². The molecule has 2 aromatic carbocycles. The van der Waals surface area contributed by atoms with E-state index in [-0.39, 0.29) is 11.7 Å². The fourth-order valence-electron chi connectivity index (χ4n) is 4.10. The molecule has 1 N–H and O–H groups in total. The predicted octanol–water partition coefficient (Wildman–Crippen LogP) is 5.86. The molecule has 0 unspecified atom stereocenters. The molecule has 0 saturated heterocycles. The van der Waals surface area contributed by atoms with Gasteiger partial charge in [0.2, 0.25) is 0 Å². The molecule has 4 heteroatoms. The number of Topliss-reactive ketones (excluding diaryl/α,β-unsaturated/α-hetero) is 1. The van der Waals surface area contributed by atoms with Gasteiger partial charge < -0.3 is 5.32 Å². The Labute approximate surface area is 165 Å². The van der Waals surface area contributed by atoms with Crippen LogP contribution < -0.4 is 5.32 Å². The summed E-state index contributed by atoms with van der Waals surface area (Å²) in [6, 6.07) is 13.5. The van der Waals surface area contributed by atoms with Crippen molar-refractivity contribution in [2.24, 2.45) is 5.92 Å². The Kier molecular flexibility index (Phi) is 5.20. The van der Waals surface area contributed by atoms with Crippen LogP contribution >= 0.6 is 0 Å². The van der Waals surface area contributed by atoms with Crippen molar-refractivity contribution in [2.45, 2.75) is 39.0 Å². The second-order valence-corrected chi connectivity index (χ2v) is 7.55. The van der Waals surface area contributed by atoms with Crippen LogP contribution in [0, 0.1) is 12.8 Å². The number of nitrogens with zero attached hydrogens (tertiary/aromatic N) is 1. The van der Waals surface area contributed by atoms with Crippen LogP contribution in [0.4, 0.5) is 11.4 Å². The summed E-state index contributed by atoms with van der Waals surface area (Å²) in [4.78, 5) is 29.3. The fourth-order valence-corrected chi connectivity index (χ4v) is 4.10. The lowest BCUT2D eigenvalue weighted by Crippen LogP contribution is -2.19. The van der Waals surface area contributed by atoms with Gasteiger partial charge in [-0.1, -0.05) is 49.6 Å². The first-order chi connectivity index (χ1) is 13.7. The monoisotopic (exact) mass is 372 g/mol. The van der Waals surface area contributed by atoms with Gasteiger partial charge in [0.1, 0.15) is 0 Å². The summed E-state index contributed by atoms with van der Waals surface area (Å²) in [6.07, 6.45) is 7.75. The van der Waals surface area contributed by atoms with Crippen LogP contribution in [0.3, 0.4) is 0 Å². The number of fused-ring (bicyclic) bond motifs is 1. The van der Waals surface area contributed by atoms with Crippen molar-refractivity contribution in [3.8, 4) is 0 Å². The quantitative estimate of drug-likeness (QED) is 0.450. The van der Waals surface area contributed by atoms with Crippen molar-refractivity contribution in [3.63, 3.8) is 0 Å². The highest BCUT2D eigenvalue weighted by Gasteiger charge is 2.26. The number of rotatable bonds is 5. The van der Waals surface area contributed by atoms with Crippen molar-refractivity contribution in [1.82, 2.24) is 4.98 Å². The number of anilines is 2. The van der Waals surface area contributed by atoms with E-state index in [1.54, 1.807) is 12.3 Å². The van der Waals surface area contributed by atoms with Gasteiger partial charge in [0.15, 0.2) is 12.1 Å². The molecule has 4 nitrogen and oxygen atoms in total. The van der Waals surface area contributed by atoms with E-state index in [4.69, 9.17) is 0 Å². The lowest BCUT2D eigenvalue weighted by molar-refractivity contribution is 0.0890. The maximum atomic E-state index is 13.3. The Morgan fingerprint density at radius 3 is 2.61 bits per heavy atom. The van der Waals surface area contributed by atoms with Crippen molar-refractivity contribution in [2.75, 3.05) is 5.32 Å². The highest BCUT2D eigenvalue weighted by Crippen LogP contribution is 2.35. The van der Waals surface area contributed by atoms with Crippen LogP contribution in [-0.2, 0) is 0 Å². The number of aryl methyl sites for hydroxylation is 1. The molecule has 0 radical (unpaired) electrons. The number of hydrogen-bond donors (Lipinski definition) is 1. The molecular weight excluding hydrogens is 348 g/mol. The Morgan fingerprint density at radius 2 is 1.86 bits per heavy atom. The van der Waals surface area contributed by atoms with Gasteiger partial charge in [-0.15, -0.1) is 0 Å². The number of nitrogens with one attached hydrogen (secondary N) is 1. The molecule has 142 valence electrons. The van der Waals surface area contributed by atoms with Crippen molar-refractivity contribution >= 4 is 34.3 Å². The molecule has 1 aromatic heterocycles. The largest absolute Gasteiger partial charge is 0.354 e. The van der Waals surface area contributed by atoms with Crippen LogP contribution in [-0.4, -0.2) is 17.1 Å². The number of pyridine rings is 1. The van der Waals surface area contributed by atoms with Crippen LogP contribution in [0.2, 0.25) is 0 Å². The normalized spacial score (nSPS) is 14.8. The second kappa shape index (κ2) is 7.93. The summed E-state index contributed by atoms with van der Waals surface area (Å²) in [5, 5.41) is 4.28. The molecule has 1 aliphatic carbocycles. The van der Waals surface area contributed by atoms with Crippen molar-refractivity contribution in [1.29, 1.82) is 0 Å². The molecule has 28 heavy (non-hydrogen) atoms. The number of para-hydroxylation sites is 2. The number of benzene rings is 2. The summed E-state index contributed by atoms with van der Waals surface area (Å²) in [5.41, 5.74) is 4.55. The molecule has 0 atom stereocenters. The molecule has 1 aliphatic rings. The van der Waals surface area contributed by atoms with E-state index >= 15 is 0 Å². The summed E-state index contributed by atoms with van der Waals surface area (Å²) in [7, 11) is 0. The fraction of sp³-hybridized carbons (Fsp3) is 0.292. The molecule has 1 saturated carbocycles. The average molecular weight is 372 g/mol. The van der Waals surface area contributed by atoms with E-state index in [2.05, 4.69) is 10.3 Å². The van der Waals surface area contributed by atoms with E-state index < -0.39 is 0 Å². The van der Waals surface area contributed by atoms with Gasteiger partial charge in [0.25, 0.3) is 0 Å². The second-order valence-electron chi connectivity index (χ2n) is 7.55. The minimum absolute atomic E-state index is 0.0553. The maximum absolute atomic E-state index is 13.3. The van der Waals surface area contributed by atoms with Crippen LogP contribution in [0.25, 0.3) is 10.9 Å². The first-order valence-electron chi connectivity index (χ1n) is 9.93. The number of hydrogen-bond acceptors (Lipinski definition) is 4. The van der Waals surface area contributed by atoms with Gasteiger partial charge in [-0.2, -0.15) is 0 Å². The number of carbonyl (C=O) groups excluding carboxylic acids is 2. The summed E-state index contributed by atoms with van der Waals surface area (Å²) in [6.45, 7) is 2.03. The standard InChI is InChI=1S/C24H24N2O2/c1-16-8-5-6-13-21(16)26-23-19-12-7-11-18(15-27)22(19)25-14-20(23)24(28)17-9-3-2-4-10-17/h5-8,11-15,17H,2-4,9-10H2,1H3,(H,25,26). The zero-order valence-corrected chi connectivity index (χ0v) is 16.1. The van der Waals surface area contributed by atoms with E-state index in [9.17, 15) is 9.59 Å². The summed E-state index contributed by atoms with van der Waals surface area (Å²) >= 11 is 0. The molecule has 4 rings (SSSR count). The van der Waals surface area contributed by atoms with Gasteiger partial charge in [0, 0.05) is 28.8 Å². The number of aldehydes is 1. The molecule has 3 aromatic rings. The lowest BCUT2D eigenvalue weighted by Gasteiger charge is -2.22. The lowest BCUT2D eigenvalue weighted by atomic mass is 9.83. The van der Waals surface area contributed by atoms with Crippen molar-refractivity contribution < 1.29 is 9.59 Å². The van der Waals surface area contributed by atoms with Gasteiger partial charge in [-0.25, -0.2) is 0 Å². The van der Waals surface area contributed by atoms with E-state index in [0.717, 1.165) is 54.3 Å². The highest BCUT2D eigenvalue weighted by molar-refractivity contribution is 6.12. The van der Waals surface area contributed by atoms with E-state index in [1.807, 2.05) is 43.3 Å². The SMILES string of the molecule is Cc1ccccc1Nc1c(C(=O)C2CCCCC2)cnc2c(C=O)cccc12. The minimum Gasteiger partial charge on any atom is -0.354 e. The number of aromatic nitrogens is 1. The number of ketones is 1. The van der Waals surface area contributed by atoms with Crippen LogP contribution in [0.1, 0.15) is 58.4 Å². The zero-order chi connectivity index (χ0) is 19.5. The zero-order valence-electron chi connectivity index (χ0n) is 16.1. The third-order valence-electron chi connectivity index (χ3n) is 5.70. The van der Waals surface area contributed by atoms with Crippen LogP contribution in [0.15, 0.2) is 48.7 Å². The van der Waals surface area contributed by atoms with Crippen LogP contribution in [0.5, 0.6) is 0 Å². The van der Waals surface area contributed by atoms with E-state index in [0.29, 0.717) is 16.6 Å². The third kappa shape index (κ3) is 3.42. The molecule has 1 fully saturated rings. The highest BCUT2D eigenvalue weighted by atomic mass is 16.1. The molecule has 0 aliphatic heterocycles. The summed E-state index contributed by atoms with van der Waals surface area (Å²) in [5.74, 6) is 0.210.